The zero-order valence-corrected chi connectivity index (χ0v) is 19.0. The quantitative estimate of drug-likeness (QED) is 0.397. The van der Waals surface area contributed by atoms with Gasteiger partial charge in [-0.2, -0.15) is 0 Å². The largest absolute Gasteiger partial charge is 0.469 e. The molecule has 0 aromatic heterocycles. The van der Waals surface area contributed by atoms with Crippen LogP contribution < -0.4 is 5.32 Å². The zero-order chi connectivity index (χ0) is 24.4. The second kappa shape index (κ2) is 9.45. The molecule has 11 heteroatoms. The van der Waals surface area contributed by atoms with Crippen molar-refractivity contribution in [3.05, 3.63) is 98.0 Å². The van der Waals surface area contributed by atoms with Gasteiger partial charge >= 0.3 is 0 Å². The Bertz CT molecular complexity index is 1070. The van der Waals surface area contributed by atoms with Gasteiger partial charge in [0.25, 0.3) is 17.5 Å². The molecule has 6 aliphatic heterocycles. The van der Waals surface area contributed by atoms with Gasteiger partial charge in [-0.1, -0.05) is 29.4 Å². The fourth-order valence-corrected chi connectivity index (χ4v) is 4.40. The number of nitrogens with one attached hydrogen (secondary N) is 1. The van der Waals surface area contributed by atoms with E-state index in [1.165, 1.54) is 30.1 Å². The van der Waals surface area contributed by atoms with Gasteiger partial charge in [-0.25, -0.2) is 4.84 Å². The summed E-state index contributed by atoms with van der Waals surface area (Å²) in [5, 5.41) is 4.12. The summed E-state index contributed by atoms with van der Waals surface area (Å²) in [6.07, 6.45) is 23.2. The van der Waals surface area contributed by atoms with Crippen LogP contribution in [-0.4, -0.2) is 53.8 Å². The highest BCUT2D eigenvalue weighted by Crippen LogP contribution is 2.51. The maximum atomic E-state index is 13.3. The molecule has 5 unspecified atom stereocenters. The summed E-state index contributed by atoms with van der Waals surface area (Å²) >= 11 is 0. The lowest BCUT2D eigenvalue weighted by Crippen LogP contribution is -2.78. The van der Waals surface area contributed by atoms with Crippen LogP contribution in [0.3, 0.4) is 0 Å². The molecule has 11 nitrogen and oxygen atoms in total. The molecule has 1 N–H and O–H groups in total. The number of fused-ring (bicyclic) bond motifs is 1. The first-order valence-corrected chi connectivity index (χ1v) is 11.4. The van der Waals surface area contributed by atoms with Gasteiger partial charge in [-0.05, 0) is 48.6 Å². The molecule has 0 spiro atoms. The van der Waals surface area contributed by atoms with E-state index in [2.05, 4.69) is 5.32 Å². The Balaban J connectivity index is 1.39. The number of nitrogens with zero attached hydrogens (tertiary/aromatic N) is 1. The fourth-order valence-electron chi connectivity index (χ4n) is 4.40. The summed E-state index contributed by atoms with van der Waals surface area (Å²) in [6.45, 7) is 0. The van der Waals surface area contributed by atoms with Crippen LogP contribution in [0, 0.1) is 0 Å². The van der Waals surface area contributed by atoms with Crippen LogP contribution in [0.25, 0.3) is 0 Å². The highest BCUT2D eigenvalue weighted by molar-refractivity contribution is 5.93. The third-order valence-corrected chi connectivity index (χ3v) is 5.96. The number of allylic oxidation sites excluding steroid dienone is 8. The van der Waals surface area contributed by atoms with Crippen molar-refractivity contribution >= 4 is 5.91 Å². The van der Waals surface area contributed by atoms with Crippen LogP contribution in [0.4, 0.5) is 0 Å². The van der Waals surface area contributed by atoms with Crippen molar-refractivity contribution in [2.24, 2.45) is 0 Å². The Hall–Kier alpha value is -3.61. The van der Waals surface area contributed by atoms with Crippen LogP contribution in [0.1, 0.15) is 6.42 Å². The minimum atomic E-state index is -1.73. The second-order valence-corrected chi connectivity index (χ2v) is 8.26. The minimum Gasteiger partial charge on any atom is -0.469 e. The van der Waals surface area contributed by atoms with Gasteiger partial charge in [0.1, 0.15) is 0 Å². The number of hydroxylamine groups is 2. The van der Waals surface area contributed by atoms with Crippen molar-refractivity contribution < 1.29 is 42.8 Å². The summed E-state index contributed by atoms with van der Waals surface area (Å²) < 4.78 is 41.4. The fraction of sp³-hybridized carbons (Fsp3) is 0.320. The summed E-state index contributed by atoms with van der Waals surface area (Å²) in [7, 11) is 0. The molecule has 0 bridgehead atoms. The number of rotatable bonds is 8. The smallest absolute Gasteiger partial charge is 0.272 e. The predicted molar refractivity (Wildman–Crippen MR) is 121 cm³/mol. The molecule has 0 aromatic rings. The average molecular weight is 496 g/mol. The molecule has 6 atom stereocenters. The normalized spacial score (nSPS) is 39.6. The predicted octanol–water partition coefficient (Wildman–Crippen LogP) is 2.23. The van der Waals surface area contributed by atoms with E-state index in [0.29, 0.717) is 0 Å². The van der Waals surface area contributed by atoms with E-state index in [4.69, 9.17) is 38.0 Å². The molecule has 0 radical (unpaired) electrons. The van der Waals surface area contributed by atoms with Gasteiger partial charge in [-0.3, -0.25) is 14.3 Å². The Morgan fingerprint density at radius 3 is 1.61 bits per heavy atom. The number of β-lactam (4-membered cyclic amide) rings is 1. The van der Waals surface area contributed by atoms with Crippen LogP contribution in [0.2, 0.25) is 0 Å². The van der Waals surface area contributed by atoms with E-state index in [1.54, 1.807) is 72.9 Å². The third kappa shape index (κ3) is 4.06. The Kier molecular flexibility index (Phi) is 5.99. The van der Waals surface area contributed by atoms with Crippen molar-refractivity contribution in [3.63, 3.8) is 0 Å². The molecule has 2 fully saturated rings. The molecule has 0 aromatic carbocycles. The highest BCUT2D eigenvalue weighted by Gasteiger charge is 2.77. The van der Waals surface area contributed by atoms with Crippen molar-refractivity contribution in [2.45, 2.75) is 49.3 Å². The average Bonchev–Trinajstić information content (AvgIpc) is 3.10. The van der Waals surface area contributed by atoms with Gasteiger partial charge in [0, 0.05) is 6.42 Å². The van der Waals surface area contributed by atoms with E-state index in [0.717, 1.165) is 0 Å². The lowest BCUT2D eigenvalue weighted by molar-refractivity contribution is -0.484. The van der Waals surface area contributed by atoms with E-state index < -0.39 is 48.7 Å². The first-order chi connectivity index (χ1) is 17.7. The molecule has 0 aliphatic carbocycles. The molecule has 6 aliphatic rings. The minimum absolute atomic E-state index is 0.103. The van der Waals surface area contributed by atoms with Gasteiger partial charge in [0.15, 0.2) is 0 Å². The standard InChI is InChI=1S/C25H24N2O9/c28-23-25(35-21-11-3-7-15-31-21)18(26-23)17-24(33-19-9-1-5-13-29-19,34-20-10-2-6-14-30-20)27(25)36-22-12-4-8-16-32-22/h1-16,18-22H,17H2,(H,26,28)/t18?,19?,20?,21?,22-,24?,25?/m0/s1. The number of amides is 1. The van der Waals surface area contributed by atoms with E-state index >= 15 is 0 Å². The molecule has 2 saturated heterocycles. The molecule has 6 rings (SSSR count). The maximum absolute atomic E-state index is 13.3. The summed E-state index contributed by atoms with van der Waals surface area (Å²) in [4.78, 5) is 19.5. The molecule has 188 valence electrons. The zero-order valence-electron chi connectivity index (χ0n) is 19.0. The SMILES string of the molecule is O=C1NC2CC(OC3C=CC=CO3)(OC3C=CC=CO3)N(O[C@H]3C=CC=CO3)C12OC1C=CC=CO1. The maximum Gasteiger partial charge on any atom is 0.272 e. The van der Waals surface area contributed by atoms with Crippen molar-refractivity contribution in [2.75, 3.05) is 0 Å². The Labute approximate surface area is 206 Å². The topological polar surface area (TPSA) is 106 Å². The van der Waals surface area contributed by atoms with Crippen molar-refractivity contribution in [3.8, 4) is 0 Å². The second-order valence-electron chi connectivity index (χ2n) is 8.26. The molecular weight excluding hydrogens is 472 g/mol. The number of ether oxygens (including phenoxy) is 7. The van der Waals surface area contributed by atoms with Crippen LogP contribution in [0.15, 0.2) is 98.0 Å². The van der Waals surface area contributed by atoms with Crippen molar-refractivity contribution in [1.29, 1.82) is 0 Å². The van der Waals surface area contributed by atoms with Gasteiger partial charge in [0.2, 0.25) is 25.2 Å². The number of hydrogen-bond donors (Lipinski definition) is 1. The van der Waals surface area contributed by atoms with Gasteiger partial charge in [-0.15, -0.1) is 0 Å². The Morgan fingerprint density at radius 2 is 1.17 bits per heavy atom. The van der Waals surface area contributed by atoms with Crippen LogP contribution in [-0.2, 0) is 42.8 Å². The molecule has 1 amide bonds. The van der Waals surface area contributed by atoms with Crippen LogP contribution >= 0.6 is 0 Å². The lowest BCUT2D eigenvalue weighted by atomic mass is 9.95. The summed E-state index contributed by atoms with van der Waals surface area (Å²) in [5.41, 5.74) is -1.68. The van der Waals surface area contributed by atoms with Crippen molar-refractivity contribution in [1.82, 2.24) is 10.4 Å². The molecule has 6 heterocycles. The lowest BCUT2D eigenvalue weighted by Gasteiger charge is -2.49. The summed E-state index contributed by atoms with van der Waals surface area (Å²) in [5.74, 6) is -2.18. The monoisotopic (exact) mass is 496 g/mol. The van der Waals surface area contributed by atoms with E-state index in [-0.39, 0.29) is 6.42 Å². The Morgan fingerprint density at radius 1 is 0.694 bits per heavy atom. The summed E-state index contributed by atoms with van der Waals surface area (Å²) in [6, 6.07) is -0.595. The highest BCUT2D eigenvalue weighted by atomic mass is 16.9. The van der Waals surface area contributed by atoms with E-state index in [9.17, 15) is 4.79 Å². The first-order valence-electron chi connectivity index (χ1n) is 11.4. The van der Waals surface area contributed by atoms with Gasteiger partial charge in [0.05, 0.1) is 31.1 Å². The molecular formula is C25H24N2O9. The van der Waals surface area contributed by atoms with Crippen LogP contribution in [0.5, 0.6) is 0 Å². The number of carbonyl (C=O) groups excluding carboxylic acids is 1. The molecule has 0 saturated carbocycles. The molecule has 36 heavy (non-hydrogen) atoms. The first kappa shape index (κ1) is 22.8. The third-order valence-electron chi connectivity index (χ3n) is 5.96. The van der Waals surface area contributed by atoms with E-state index in [1.807, 2.05) is 0 Å². The van der Waals surface area contributed by atoms with Gasteiger partial charge < -0.3 is 29.0 Å². The number of carbonyl (C=O) groups is 1. The number of hydrogen-bond acceptors (Lipinski definition) is 10.